The number of benzene rings is 1. The molecule has 6 heteroatoms. The maximum atomic E-state index is 12.5. The predicted octanol–water partition coefficient (Wildman–Crippen LogP) is 3.90. The first-order valence-corrected chi connectivity index (χ1v) is 7.41. The van der Waals surface area contributed by atoms with E-state index in [1.54, 1.807) is 4.90 Å². The summed E-state index contributed by atoms with van der Waals surface area (Å²) in [5, 5.41) is 10.8. The number of likely N-dealkylation sites (tertiary alicyclic amines) is 1. The van der Waals surface area contributed by atoms with Crippen molar-refractivity contribution in [3.05, 3.63) is 38.9 Å². The van der Waals surface area contributed by atoms with E-state index in [4.69, 9.17) is 11.6 Å². The van der Waals surface area contributed by atoms with Gasteiger partial charge in [0.25, 0.3) is 11.6 Å². The summed E-state index contributed by atoms with van der Waals surface area (Å²) in [4.78, 5) is 24.5. The van der Waals surface area contributed by atoms with Crippen LogP contribution in [0.25, 0.3) is 0 Å². The molecule has 5 nitrogen and oxygen atoms in total. The van der Waals surface area contributed by atoms with E-state index in [0.29, 0.717) is 18.7 Å². The Morgan fingerprint density at radius 2 is 2.05 bits per heavy atom. The third-order valence-electron chi connectivity index (χ3n) is 4.02. The van der Waals surface area contributed by atoms with E-state index in [1.807, 2.05) is 0 Å². The Morgan fingerprint density at radius 3 is 2.67 bits per heavy atom. The summed E-state index contributed by atoms with van der Waals surface area (Å²) >= 11 is 6.03. The summed E-state index contributed by atoms with van der Waals surface area (Å²) in [5.41, 5.74) is 0.476. The zero-order chi connectivity index (χ0) is 15.6. The minimum absolute atomic E-state index is 0.103. The molecule has 1 aromatic rings. The van der Waals surface area contributed by atoms with Crippen LogP contribution in [0.5, 0.6) is 0 Å². The zero-order valence-corrected chi connectivity index (χ0v) is 13.0. The molecule has 1 amide bonds. The van der Waals surface area contributed by atoms with Crippen LogP contribution in [0.2, 0.25) is 5.02 Å². The fourth-order valence-electron chi connectivity index (χ4n) is 2.59. The van der Waals surface area contributed by atoms with Crippen molar-refractivity contribution in [1.82, 2.24) is 4.90 Å². The molecule has 21 heavy (non-hydrogen) atoms. The average Bonchev–Trinajstić information content (AvgIpc) is 2.58. The van der Waals surface area contributed by atoms with Crippen molar-refractivity contribution in [2.45, 2.75) is 33.1 Å². The Balaban J connectivity index is 2.18. The Kier molecular flexibility index (Phi) is 4.52. The number of hydrogen-bond acceptors (Lipinski definition) is 3. The summed E-state index contributed by atoms with van der Waals surface area (Å²) in [7, 11) is 0. The second-order valence-corrected chi connectivity index (χ2v) is 6.64. The number of rotatable bonds is 2. The van der Waals surface area contributed by atoms with E-state index in [-0.39, 0.29) is 22.0 Å². The molecule has 1 aliphatic heterocycles. The van der Waals surface area contributed by atoms with Gasteiger partial charge in [0.15, 0.2) is 0 Å². The highest BCUT2D eigenvalue weighted by molar-refractivity contribution is 6.34. The highest BCUT2D eigenvalue weighted by atomic mass is 35.5. The van der Waals surface area contributed by atoms with Gasteiger partial charge in [-0.3, -0.25) is 14.9 Å². The molecule has 0 radical (unpaired) electrons. The summed E-state index contributed by atoms with van der Waals surface area (Å²) in [6, 6.07) is 4.00. The Hall–Kier alpha value is -1.62. The van der Waals surface area contributed by atoms with Crippen LogP contribution in [-0.2, 0) is 0 Å². The lowest BCUT2D eigenvalue weighted by Crippen LogP contribution is -2.32. The largest absolute Gasteiger partial charge is 0.339 e. The van der Waals surface area contributed by atoms with E-state index in [2.05, 4.69) is 13.8 Å². The second kappa shape index (κ2) is 6.02. The number of non-ortho nitro benzene ring substituents is 1. The van der Waals surface area contributed by atoms with Crippen molar-refractivity contribution in [3.8, 4) is 0 Å². The zero-order valence-electron chi connectivity index (χ0n) is 12.3. The van der Waals surface area contributed by atoms with Crippen molar-refractivity contribution >= 4 is 23.2 Å². The van der Waals surface area contributed by atoms with Gasteiger partial charge in [0.2, 0.25) is 0 Å². The molecule has 1 aromatic carbocycles. The molecule has 0 unspecified atom stereocenters. The SMILES string of the molecule is CC1(C)CCCN(C(=O)c2ccc([N+](=O)[O-])cc2Cl)CC1. The topological polar surface area (TPSA) is 63.5 Å². The minimum atomic E-state index is -0.519. The van der Waals surface area contributed by atoms with Crippen LogP contribution < -0.4 is 0 Å². The van der Waals surface area contributed by atoms with Crippen molar-refractivity contribution in [1.29, 1.82) is 0 Å². The molecule has 114 valence electrons. The molecule has 0 saturated carbocycles. The molecular weight excluding hydrogens is 292 g/mol. The van der Waals surface area contributed by atoms with Gasteiger partial charge in [-0.1, -0.05) is 25.4 Å². The van der Waals surface area contributed by atoms with Crippen molar-refractivity contribution in [2.24, 2.45) is 5.41 Å². The molecule has 1 fully saturated rings. The molecule has 1 aliphatic rings. The number of nitro groups is 1. The lowest BCUT2D eigenvalue weighted by atomic mass is 9.85. The molecule has 0 bridgehead atoms. The van der Waals surface area contributed by atoms with Crippen LogP contribution in [0.4, 0.5) is 5.69 Å². The highest BCUT2D eigenvalue weighted by Crippen LogP contribution is 2.31. The summed E-state index contributed by atoms with van der Waals surface area (Å²) in [6.07, 6.45) is 3.00. The van der Waals surface area contributed by atoms with E-state index >= 15 is 0 Å². The van der Waals surface area contributed by atoms with Crippen LogP contribution in [-0.4, -0.2) is 28.8 Å². The van der Waals surface area contributed by atoms with E-state index < -0.39 is 4.92 Å². The molecule has 1 heterocycles. The number of carbonyl (C=O) groups is 1. The number of hydrogen-bond donors (Lipinski definition) is 0. The maximum Gasteiger partial charge on any atom is 0.270 e. The lowest BCUT2D eigenvalue weighted by Gasteiger charge is -2.23. The van der Waals surface area contributed by atoms with E-state index in [1.165, 1.54) is 18.2 Å². The Morgan fingerprint density at radius 1 is 1.33 bits per heavy atom. The first-order chi connectivity index (χ1) is 9.80. The average molecular weight is 311 g/mol. The van der Waals surface area contributed by atoms with Crippen LogP contribution in [0.3, 0.4) is 0 Å². The Labute approximate surface area is 129 Å². The third-order valence-corrected chi connectivity index (χ3v) is 4.33. The van der Waals surface area contributed by atoms with Crippen molar-refractivity contribution < 1.29 is 9.72 Å². The predicted molar refractivity (Wildman–Crippen MR) is 81.6 cm³/mol. The second-order valence-electron chi connectivity index (χ2n) is 6.23. The molecule has 0 aliphatic carbocycles. The molecule has 0 atom stereocenters. The van der Waals surface area contributed by atoms with Gasteiger partial charge >= 0.3 is 0 Å². The van der Waals surface area contributed by atoms with Gasteiger partial charge in [-0.25, -0.2) is 0 Å². The van der Waals surface area contributed by atoms with Gasteiger partial charge < -0.3 is 4.90 Å². The molecule has 0 aromatic heterocycles. The number of nitro benzene ring substituents is 1. The van der Waals surface area contributed by atoms with Gasteiger partial charge in [-0.2, -0.15) is 0 Å². The molecule has 2 rings (SSSR count). The first-order valence-electron chi connectivity index (χ1n) is 7.03. The summed E-state index contributed by atoms with van der Waals surface area (Å²) in [5.74, 6) is -0.146. The Bertz CT molecular complexity index is 572. The van der Waals surface area contributed by atoms with Crippen molar-refractivity contribution in [2.75, 3.05) is 13.1 Å². The smallest absolute Gasteiger partial charge is 0.270 e. The van der Waals surface area contributed by atoms with Gasteiger partial charge in [0.05, 0.1) is 15.5 Å². The summed E-state index contributed by atoms with van der Waals surface area (Å²) < 4.78 is 0. The van der Waals surface area contributed by atoms with Crippen LogP contribution in [0.15, 0.2) is 18.2 Å². The maximum absolute atomic E-state index is 12.5. The monoisotopic (exact) mass is 310 g/mol. The lowest BCUT2D eigenvalue weighted by molar-refractivity contribution is -0.384. The van der Waals surface area contributed by atoms with E-state index in [9.17, 15) is 14.9 Å². The first kappa shape index (κ1) is 15.8. The fourth-order valence-corrected chi connectivity index (χ4v) is 2.84. The quantitative estimate of drug-likeness (QED) is 0.614. The van der Waals surface area contributed by atoms with Gasteiger partial charge in [0, 0.05) is 25.2 Å². The standard InChI is InChI=1S/C15H19ClN2O3/c1-15(2)6-3-8-17(9-7-15)14(19)12-5-4-11(18(20)21)10-13(12)16/h4-5,10H,3,6-9H2,1-2H3. The van der Waals surface area contributed by atoms with Gasteiger partial charge in [0.1, 0.15) is 0 Å². The highest BCUT2D eigenvalue weighted by Gasteiger charge is 2.27. The molecular formula is C15H19ClN2O3. The van der Waals surface area contributed by atoms with Crippen LogP contribution in [0.1, 0.15) is 43.5 Å². The fraction of sp³-hybridized carbons (Fsp3) is 0.533. The minimum Gasteiger partial charge on any atom is -0.339 e. The van der Waals surface area contributed by atoms with E-state index in [0.717, 1.165) is 19.3 Å². The normalized spacial score (nSPS) is 18.1. The number of nitrogens with zero attached hydrogens (tertiary/aromatic N) is 2. The van der Waals surface area contributed by atoms with Gasteiger partial charge in [-0.05, 0) is 30.7 Å². The molecule has 0 N–H and O–H groups in total. The van der Waals surface area contributed by atoms with Gasteiger partial charge in [-0.15, -0.1) is 0 Å². The number of halogens is 1. The molecule has 1 saturated heterocycles. The third kappa shape index (κ3) is 3.73. The number of amides is 1. The van der Waals surface area contributed by atoms with Crippen molar-refractivity contribution in [3.63, 3.8) is 0 Å². The molecule has 0 spiro atoms. The van der Waals surface area contributed by atoms with Crippen LogP contribution in [0, 0.1) is 15.5 Å². The van der Waals surface area contributed by atoms with Crippen LogP contribution >= 0.6 is 11.6 Å². The number of carbonyl (C=O) groups excluding carboxylic acids is 1. The summed E-state index contributed by atoms with van der Waals surface area (Å²) in [6.45, 7) is 5.81.